The minimum Gasteiger partial charge on any atom is -0.322 e. The summed E-state index contributed by atoms with van der Waals surface area (Å²) in [4.78, 5) is 15.1. The molecule has 0 spiro atoms. The number of nitrogens with zero attached hydrogens (tertiary/aromatic N) is 2. The third-order valence-corrected chi connectivity index (χ3v) is 5.87. The maximum atomic E-state index is 14.1. The quantitative estimate of drug-likeness (QED) is 0.435. The fourth-order valence-corrected chi connectivity index (χ4v) is 4.23. The van der Waals surface area contributed by atoms with Crippen molar-refractivity contribution in [2.45, 2.75) is 19.5 Å². The van der Waals surface area contributed by atoms with Gasteiger partial charge in [0.1, 0.15) is 11.5 Å². The summed E-state index contributed by atoms with van der Waals surface area (Å²) in [6, 6.07) is 21.3. The number of aryl methyl sites for hydroxylation is 1. The molecule has 4 nitrogen and oxygen atoms in total. The molecule has 0 aliphatic carbocycles. The summed E-state index contributed by atoms with van der Waals surface area (Å²) in [7, 11) is 0. The van der Waals surface area contributed by atoms with Crippen LogP contribution >= 0.6 is 11.6 Å². The highest BCUT2D eigenvalue weighted by molar-refractivity contribution is 6.30. The highest BCUT2D eigenvalue weighted by Gasteiger charge is 2.42. The van der Waals surface area contributed by atoms with E-state index in [1.807, 2.05) is 49.4 Å². The number of carbonyl (C=O) groups excluding carboxylic acids is 1. The summed E-state index contributed by atoms with van der Waals surface area (Å²) in [5.41, 5.74) is 5.61. The van der Waals surface area contributed by atoms with E-state index in [0.717, 1.165) is 22.3 Å². The van der Waals surface area contributed by atoms with Gasteiger partial charge >= 0.3 is 0 Å². The van der Waals surface area contributed by atoms with Gasteiger partial charge in [-0.2, -0.15) is 5.10 Å². The molecular weight excluding hydrogens is 413 g/mol. The Morgan fingerprint density at radius 1 is 1.06 bits per heavy atom. The number of nitrogens with one attached hydrogen (secondary N) is 1. The van der Waals surface area contributed by atoms with E-state index < -0.39 is 6.04 Å². The topological polar surface area (TPSA) is 49.0 Å². The van der Waals surface area contributed by atoms with Crippen LogP contribution < -0.4 is 0 Å². The van der Waals surface area contributed by atoms with Crippen molar-refractivity contribution in [2.75, 3.05) is 0 Å². The smallest absolute Gasteiger partial charge is 0.273 e. The molecule has 31 heavy (non-hydrogen) atoms. The summed E-state index contributed by atoms with van der Waals surface area (Å²) in [6.07, 6.45) is 0. The molecule has 1 unspecified atom stereocenters. The first-order valence-electron chi connectivity index (χ1n) is 9.97. The van der Waals surface area contributed by atoms with Crippen LogP contribution in [0.3, 0.4) is 0 Å². The molecule has 1 atom stereocenters. The highest BCUT2D eigenvalue weighted by Crippen LogP contribution is 2.43. The molecule has 0 radical (unpaired) electrons. The van der Waals surface area contributed by atoms with Crippen LogP contribution in [0.4, 0.5) is 4.39 Å². The number of amides is 1. The summed E-state index contributed by atoms with van der Waals surface area (Å²) in [5, 5.41) is 8.02. The minimum absolute atomic E-state index is 0.162. The summed E-state index contributed by atoms with van der Waals surface area (Å²) < 4.78 is 14.1. The number of aromatic nitrogens is 2. The maximum absolute atomic E-state index is 14.1. The molecule has 0 fully saturated rings. The number of hydrogen-bond acceptors (Lipinski definition) is 2. The van der Waals surface area contributed by atoms with Gasteiger partial charge < -0.3 is 4.90 Å². The van der Waals surface area contributed by atoms with Crippen molar-refractivity contribution in [2.24, 2.45) is 0 Å². The molecule has 0 saturated heterocycles. The van der Waals surface area contributed by atoms with Crippen molar-refractivity contribution in [1.29, 1.82) is 0 Å². The number of H-pyrrole nitrogens is 1. The van der Waals surface area contributed by atoms with Crippen LogP contribution in [-0.2, 0) is 6.54 Å². The molecule has 0 bridgehead atoms. The van der Waals surface area contributed by atoms with Gasteiger partial charge in [-0.15, -0.1) is 0 Å². The third kappa shape index (κ3) is 3.51. The van der Waals surface area contributed by atoms with Gasteiger partial charge in [0.15, 0.2) is 0 Å². The number of rotatable bonds is 4. The number of benzene rings is 3. The van der Waals surface area contributed by atoms with Crippen molar-refractivity contribution in [3.63, 3.8) is 0 Å². The lowest BCUT2D eigenvalue weighted by Crippen LogP contribution is -2.29. The molecule has 154 valence electrons. The predicted octanol–water partition coefficient (Wildman–Crippen LogP) is 5.92. The maximum Gasteiger partial charge on any atom is 0.273 e. The van der Waals surface area contributed by atoms with Gasteiger partial charge in [0.25, 0.3) is 5.91 Å². The standard InChI is InChI=1S/C25H19ClFN3O/c1-15-5-9-17(10-6-15)22-21-23(29-28-22)25(31)30(14-16-7-11-19(26)12-8-16)24(21)18-3-2-4-20(27)13-18/h2-13,24H,14H2,1H3,(H,28,29). The van der Waals surface area contributed by atoms with E-state index in [4.69, 9.17) is 11.6 Å². The molecule has 1 N–H and O–H groups in total. The lowest BCUT2D eigenvalue weighted by molar-refractivity contribution is 0.0730. The predicted molar refractivity (Wildman–Crippen MR) is 118 cm³/mol. The largest absolute Gasteiger partial charge is 0.322 e. The van der Waals surface area contributed by atoms with E-state index in [9.17, 15) is 9.18 Å². The van der Waals surface area contributed by atoms with Gasteiger partial charge in [-0.05, 0) is 42.3 Å². The Bertz CT molecular complexity index is 1260. The molecule has 4 aromatic rings. The van der Waals surface area contributed by atoms with Gasteiger partial charge in [-0.3, -0.25) is 9.89 Å². The number of halogens is 2. The zero-order valence-electron chi connectivity index (χ0n) is 16.8. The van der Waals surface area contributed by atoms with Crippen LogP contribution in [0.2, 0.25) is 5.02 Å². The van der Waals surface area contributed by atoms with Crippen molar-refractivity contribution in [3.8, 4) is 11.3 Å². The SMILES string of the molecule is Cc1ccc(-c2n[nH]c3c2C(c2cccc(F)c2)N(Cc2ccc(Cl)cc2)C3=O)cc1. The second-order valence-corrected chi connectivity index (χ2v) is 8.18. The third-order valence-electron chi connectivity index (χ3n) is 5.62. The molecule has 0 saturated carbocycles. The Balaban J connectivity index is 1.64. The van der Waals surface area contributed by atoms with Gasteiger partial charge in [0.05, 0.1) is 11.7 Å². The molecule has 1 aromatic heterocycles. The van der Waals surface area contributed by atoms with Gasteiger partial charge in [0.2, 0.25) is 0 Å². The van der Waals surface area contributed by atoms with Gasteiger partial charge in [-0.25, -0.2) is 4.39 Å². The number of carbonyl (C=O) groups is 1. The Hall–Kier alpha value is -3.44. The first-order chi connectivity index (χ1) is 15.0. The van der Waals surface area contributed by atoms with Crippen molar-refractivity contribution in [1.82, 2.24) is 15.1 Å². The van der Waals surface area contributed by atoms with E-state index in [2.05, 4.69) is 10.2 Å². The summed E-state index contributed by atoms with van der Waals surface area (Å²) in [5.74, 6) is -0.504. The minimum atomic E-state index is -0.455. The van der Waals surface area contributed by atoms with Crippen molar-refractivity contribution >= 4 is 17.5 Å². The molecular formula is C25H19ClFN3O. The van der Waals surface area contributed by atoms with Gasteiger partial charge in [0, 0.05) is 22.7 Å². The van der Waals surface area contributed by atoms with Crippen LogP contribution in [0.5, 0.6) is 0 Å². The van der Waals surface area contributed by atoms with E-state index in [1.165, 1.54) is 12.1 Å². The first-order valence-corrected chi connectivity index (χ1v) is 10.4. The molecule has 3 aromatic carbocycles. The lowest BCUT2D eigenvalue weighted by Gasteiger charge is -2.26. The summed E-state index contributed by atoms with van der Waals surface area (Å²) >= 11 is 6.02. The van der Waals surface area contributed by atoms with Crippen LogP contribution in [0.15, 0.2) is 72.8 Å². The van der Waals surface area contributed by atoms with E-state index in [1.54, 1.807) is 23.1 Å². The average Bonchev–Trinajstić information content (AvgIpc) is 3.30. The van der Waals surface area contributed by atoms with E-state index in [-0.39, 0.29) is 11.7 Å². The average molecular weight is 432 g/mol. The monoisotopic (exact) mass is 431 g/mol. The first kappa shape index (κ1) is 19.5. The Kier molecular flexibility index (Phi) is 4.83. The second kappa shape index (κ2) is 7.67. The fraction of sp³-hybridized carbons (Fsp3) is 0.120. The van der Waals surface area contributed by atoms with Crippen molar-refractivity contribution in [3.05, 3.63) is 112 Å². The highest BCUT2D eigenvalue weighted by atomic mass is 35.5. The van der Waals surface area contributed by atoms with Crippen LogP contribution in [0, 0.1) is 12.7 Å². The fourth-order valence-electron chi connectivity index (χ4n) is 4.10. The number of fused-ring (bicyclic) bond motifs is 1. The van der Waals surface area contributed by atoms with E-state index >= 15 is 0 Å². The van der Waals surface area contributed by atoms with Crippen LogP contribution in [0.1, 0.15) is 38.8 Å². The molecule has 1 aliphatic rings. The Morgan fingerprint density at radius 3 is 2.52 bits per heavy atom. The van der Waals surface area contributed by atoms with Crippen LogP contribution in [-0.4, -0.2) is 21.0 Å². The number of aromatic amines is 1. The second-order valence-electron chi connectivity index (χ2n) is 7.74. The zero-order chi connectivity index (χ0) is 21.5. The number of hydrogen-bond donors (Lipinski definition) is 1. The molecule has 5 rings (SSSR count). The molecule has 1 aliphatic heterocycles. The molecule has 1 amide bonds. The van der Waals surface area contributed by atoms with E-state index in [0.29, 0.717) is 28.5 Å². The lowest BCUT2D eigenvalue weighted by atomic mass is 9.95. The Morgan fingerprint density at radius 2 is 1.81 bits per heavy atom. The zero-order valence-corrected chi connectivity index (χ0v) is 17.5. The molecule has 2 heterocycles. The molecule has 6 heteroatoms. The van der Waals surface area contributed by atoms with Crippen molar-refractivity contribution < 1.29 is 9.18 Å². The normalized spacial score (nSPS) is 15.4. The van der Waals surface area contributed by atoms with Crippen LogP contribution in [0.25, 0.3) is 11.3 Å². The Labute approximate surface area is 184 Å². The summed E-state index contributed by atoms with van der Waals surface area (Å²) in [6.45, 7) is 2.39. The van der Waals surface area contributed by atoms with Gasteiger partial charge in [-0.1, -0.05) is 65.7 Å².